The van der Waals surface area contributed by atoms with Gasteiger partial charge in [0.15, 0.2) is 5.69 Å². The number of benzene rings is 1. The average Bonchev–Trinajstić information content (AvgIpc) is 3.01. The molecular weight excluding hydrogens is 441 g/mol. The summed E-state index contributed by atoms with van der Waals surface area (Å²) in [5, 5.41) is 5.41. The molecule has 2 N–H and O–H groups in total. The largest absolute Gasteiger partial charge is 0.465 e. The molecule has 184 valence electrons. The fraction of sp³-hybridized carbons (Fsp3) is 0.500. The van der Waals surface area contributed by atoms with E-state index >= 15 is 4.39 Å². The lowest BCUT2D eigenvalue weighted by Gasteiger charge is -2.29. The second kappa shape index (κ2) is 9.92. The number of esters is 1. The van der Waals surface area contributed by atoms with E-state index in [0.29, 0.717) is 24.6 Å². The molecule has 2 heterocycles. The van der Waals surface area contributed by atoms with E-state index in [1.807, 2.05) is 32.4 Å². The highest BCUT2D eigenvalue weighted by Crippen LogP contribution is 2.29. The van der Waals surface area contributed by atoms with Gasteiger partial charge >= 0.3 is 5.97 Å². The minimum Gasteiger partial charge on any atom is -0.465 e. The number of fused-ring (bicyclic) bond motifs is 1. The molecule has 0 unspecified atom stereocenters. The smallest absolute Gasteiger partial charge is 0.337 e. The maximum absolute atomic E-state index is 15.1. The van der Waals surface area contributed by atoms with Gasteiger partial charge in [0.05, 0.1) is 23.9 Å². The number of nitrogens with one attached hydrogen (secondary N) is 2. The molecule has 0 aliphatic carbocycles. The van der Waals surface area contributed by atoms with E-state index in [9.17, 15) is 14.4 Å². The average molecular weight is 474 g/mol. The molecule has 0 saturated carbocycles. The molecule has 1 aromatic heterocycles. The molecular formula is C24H32FN5O4. The molecule has 0 spiro atoms. The lowest BCUT2D eigenvalue weighted by Crippen LogP contribution is -2.53. The van der Waals surface area contributed by atoms with Crippen molar-refractivity contribution in [3.8, 4) is 11.4 Å². The van der Waals surface area contributed by atoms with Crippen molar-refractivity contribution in [3.63, 3.8) is 0 Å². The highest BCUT2D eigenvalue weighted by atomic mass is 19.1. The molecule has 0 fully saturated rings. The number of likely N-dealkylation sites (N-methyl/N-ethyl adjacent to an activating group) is 1. The van der Waals surface area contributed by atoms with Gasteiger partial charge in [-0.15, -0.1) is 0 Å². The Morgan fingerprint density at radius 3 is 2.50 bits per heavy atom. The minimum atomic E-state index is -0.787. The maximum Gasteiger partial charge on any atom is 0.337 e. The molecule has 1 aromatic carbocycles. The van der Waals surface area contributed by atoms with Gasteiger partial charge in [0.25, 0.3) is 5.91 Å². The minimum absolute atomic E-state index is 0.0858. The number of ether oxygens (including phenoxy) is 1. The first-order valence-electron chi connectivity index (χ1n) is 11.2. The molecule has 3 rings (SSSR count). The highest BCUT2D eigenvalue weighted by molar-refractivity contribution is 5.98. The third-order valence-corrected chi connectivity index (χ3v) is 5.91. The van der Waals surface area contributed by atoms with Crippen molar-refractivity contribution in [2.75, 3.05) is 27.7 Å². The quantitative estimate of drug-likeness (QED) is 0.645. The maximum atomic E-state index is 15.1. The van der Waals surface area contributed by atoms with E-state index in [0.717, 1.165) is 19.0 Å². The van der Waals surface area contributed by atoms with Crippen LogP contribution in [0.15, 0.2) is 18.2 Å². The lowest BCUT2D eigenvalue weighted by molar-refractivity contribution is -0.124. The first-order chi connectivity index (χ1) is 16.0. The Labute approximate surface area is 198 Å². The van der Waals surface area contributed by atoms with Crippen molar-refractivity contribution in [1.82, 2.24) is 25.1 Å². The van der Waals surface area contributed by atoms with Crippen molar-refractivity contribution >= 4 is 17.8 Å². The van der Waals surface area contributed by atoms with Crippen LogP contribution in [-0.2, 0) is 22.6 Å². The molecule has 2 aromatic rings. The van der Waals surface area contributed by atoms with Crippen LogP contribution in [0.5, 0.6) is 0 Å². The third kappa shape index (κ3) is 5.11. The van der Waals surface area contributed by atoms with Gasteiger partial charge in [-0.05, 0) is 43.6 Å². The van der Waals surface area contributed by atoms with E-state index in [4.69, 9.17) is 0 Å². The number of amides is 2. The van der Waals surface area contributed by atoms with Crippen LogP contribution in [0.1, 0.15) is 53.7 Å². The zero-order valence-corrected chi connectivity index (χ0v) is 20.5. The molecule has 9 nitrogen and oxygen atoms in total. The number of imidazole rings is 1. The number of aromatic nitrogens is 2. The number of rotatable bonds is 5. The normalized spacial score (nSPS) is 15.1. The number of carbonyl (C=O) groups is 3. The van der Waals surface area contributed by atoms with Crippen LogP contribution in [-0.4, -0.2) is 66.0 Å². The third-order valence-electron chi connectivity index (χ3n) is 5.91. The van der Waals surface area contributed by atoms with Gasteiger partial charge in [-0.2, -0.15) is 0 Å². The Bertz CT molecular complexity index is 1110. The number of methoxy groups -OCH3 is 1. The van der Waals surface area contributed by atoms with E-state index in [1.165, 1.54) is 26.3 Å². The number of nitrogens with zero attached hydrogens (tertiary/aromatic N) is 3. The van der Waals surface area contributed by atoms with Crippen molar-refractivity contribution in [2.24, 2.45) is 5.41 Å². The van der Waals surface area contributed by atoms with Gasteiger partial charge in [-0.25, -0.2) is 14.2 Å². The number of hydrogen-bond acceptors (Lipinski definition) is 6. The van der Waals surface area contributed by atoms with Crippen LogP contribution in [0.2, 0.25) is 0 Å². The van der Waals surface area contributed by atoms with Gasteiger partial charge in [-0.3, -0.25) is 9.59 Å². The van der Waals surface area contributed by atoms with Crippen molar-refractivity contribution < 1.29 is 23.5 Å². The first-order valence-corrected chi connectivity index (χ1v) is 11.2. The van der Waals surface area contributed by atoms with Crippen LogP contribution >= 0.6 is 0 Å². The van der Waals surface area contributed by atoms with E-state index in [2.05, 4.69) is 25.3 Å². The summed E-state index contributed by atoms with van der Waals surface area (Å²) in [6, 6.07) is 3.25. The predicted octanol–water partition coefficient (Wildman–Crippen LogP) is 2.20. The standard InChI is InChI=1S/C24H32FN5O4/c1-24(2,3)19(22(32)26-4)28-21(31)18-17-13-29(5)10-7-11-30(17)20(27-18)15-9-8-14(12-16(15)25)23(33)34-6/h8-9,12,19H,7,10-11,13H2,1-6H3,(H,26,32)(H,28,31)/t19-/m1/s1. The molecule has 1 aliphatic heterocycles. The highest BCUT2D eigenvalue weighted by Gasteiger charge is 2.35. The van der Waals surface area contributed by atoms with Crippen molar-refractivity contribution in [2.45, 2.75) is 46.3 Å². The first kappa shape index (κ1) is 25.4. The Hall–Kier alpha value is -3.27. The van der Waals surface area contributed by atoms with E-state index < -0.39 is 29.2 Å². The zero-order chi connectivity index (χ0) is 25.2. The van der Waals surface area contributed by atoms with Crippen LogP contribution in [0.4, 0.5) is 4.39 Å². The summed E-state index contributed by atoms with van der Waals surface area (Å²) in [4.78, 5) is 44.2. The van der Waals surface area contributed by atoms with Crippen molar-refractivity contribution in [3.05, 3.63) is 41.0 Å². The fourth-order valence-electron chi connectivity index (χ4n) is 4.07. The number of hydrogen-bond donors (Lipinski definition) is 2. The molecule has 1 aliphatic rings. The summed E-state index contributed by atoms with van der Waals surface area (Å²) >= 11 is 0. The Kier molecular flexibility index (Phi) is 7.40. The van der Waals surface area contributed by atoms with Gasteiger partial charge in [-0.1, -0.05) is 20.8 Å². The lowest BCUT2D eigenvalue weighted by atomic mass is 9.86. The van der Waals surface area contributed by atoms with Gasteiger partial charge in [0.2, 0.25) is 5.91 Å². The predicted molar refractivity (Wildman–Crippen MR) is 125 cm³/mol. The second-order valence-corrected chi connectivity index (χ2v) is 9.55. The van der Waals surface area contributed by atoms with Crippen molar-refractivity contribution in [1.29, 1.82) is 0 Å². The molecule has 2 amide bonds. The summed E-state index contributed by atoms with van der Waals surface area (Å²) in [5.41, 5.74) is 0.521. The summed E-state index contributed by atoms with van der Waals surface area (Å²) in [6.07, 6.45) is 0.790. The number of halogens is 1. The Morgan fingerprint density at radius 1 is 1.21 bits per heavy atom. The SMILES string of the molecule is CNC(=O)[C@@H](NC(=O)c1nc(-c2ccc(C(=O)OC)cc2F)n2c1CN(C)CCC2)C(C)(C)C. The molecule has 0 bridgehead atoms. The van der Waals surface area contributed by atoms with Gasteiger partial charge in [0, 0.05) is 20.1 Å². The van der Waals surface area contributed by atoms with E-state index in [1.54, 1.807) is 0 Å². The topological polar surface area (TPSA) is 106 Å². The fourth-order valence-corrected chi connectivity index (χ4v) is 4.07. The van der Waals surface area contributed by atoms with Gasteiger partial charge in [0.1, 0.15) is 17.7 Å². The Morgan fingerprint density at radius 2 is 1.91 bits per heavy atom. The monoisotopic (exact) mass is 473 g/mol. The van der Waals surface area contributed by atoms with Gasteiger partial charge < -0.3 is 24.8 Å². The molecule has 0 saturated heterocycles. The van der Waals surface area contributed by atoms with Crippen LogP contribution in [0, 0.1) is 11.2 Å². The van der Waals surface area contributed by atoms with Crippen LogP contribution in [0.3, 0.4) is 0 Å². The Balaban J connectivity index is 2.09. The second-order valence-electron chi connectivity index (χ2n) is 9.55. The summed E-state index contributed by atoms with van der Waals surface area (Å²) in [7, 11) is 4.69. The van der Waals surface area contributed by atoms with Crippen LogP contribution < -0.4 is 10.6 Å². The molecule has 10 heteroatoms. The summed E-state index contributed by atoms with van der Waals surface area (Å²) in [6.45, 7) is 7.37. The summed E-state index contributed by atoms with van der Waals surface area (Å²) in [5.74, 6) is -1.79. The summed E-state index contributed by atoms with van der Waals surface area (Å²) < 4.78 is 21.6. The number of carbonyl (C=O) groups excluding carboxylic acids is 3. The molecule has 1 atom stereocenters. The van der Waals surface area contributed by atoms with Crippen LogP contribution in [0.25, 0.3) is 11.4 Å². The molecule has 0 radical (unpaired) electrons. The zero-order valence-electron chi connectivity index (χ0n) is 20.5. The van der Waals surface area contributed by atoms with E-state index in [-0.39, 0.29) is 22.7 Å². The molecule has 34 heavy (non-hydrogen) atoms.